The second-order valence-electron chi connectivity index (χ2n) is 2.99. The van der Waals surface area contributed by atoms with Gasteiger partial charge in [0.25, 0.3) is 0 Å². The van der Waals surface area contributed by atoms with E-state index >= 15 is 0 Å². The van der Waals surface area contributed by atoms with Gasteiger partial charge in [0, 0.05) is 0 Å². The summed E-state index contributed by atoms with van der Waals surface area (Å²) in [6, 6.07) is 0. The average Bonchev–Trinajstić information content (AvgIpc) is 1.84. The third-order valence-corrected chi connectivity index (χ3v) is 3.81. The summed E-state index contributed by atoms with van der Waals surface area (Å²) in [7, 11) is 0. The third kappa shape index (κ3) is 5.43. The molecule has 2 heteroatoms. The molecule has 0 heterocycles. The van der Waals surface area contributed by atoms with Gasteiger partial charge < -0.3 is 12.9 Å². The molecule has 0 aliphatic carbocycles. The van der Waals surface area contributed by atoms with Crippen molar-refractivity contribution in [2.75, 3.05) is 0 Å². The Balaban J connectivity index is 3.45. The SMILES string of the molecule is C=CC(C)(C)C[CH2][Mg][Br]. The Labute approximate surface area is 73.7 Å². The molecule has 0 rings (SSSR count). The highest BCUT2D eigenvalue weighted by atomic mass is 79.9. The molecule has 0 radical (unpaired) electrons. The average molecular weight is 201 g/mol. The summed E-state index contributed by atoms with van der Waals surface area (Å²) in [5.74, 6) is 0. The van der Waals surface area contributed by atoms with Gasteiger partial charge in [-0.2, -0.15) is 0 Å². The molecular weight excluding hydrogens is 188 g/mol. The van der Waals surface area contributed by atoms with Crippen LogP contribution >= 0.6 is 12.9 Å². The molecule has 0 amide bonds. The van der Waals surface area contributed by atoms with E-state index in [1.807, 2.05) is 6.08 Å². The lowest BCUT2D eigenvalue weighted by Gasteiger charge is -2.18. The number of hydrogen-bond donors (Lipinski definition) is 0. The van der Waals surface area contributed by atoms with E-state index in [0.29, 0.717) is 5.41 Å². The third-order valence-electron chi connectivity index (χ3n) is 1.51. The minimum absolute atomic E-state index is 0.0896. The van der Waals surface area contributed by atoms with Crippen LogP contribution in [0.2, 0.25) is 4.55 Å². The second-order valence-corrected chi connectivity index (χ2v) is 6.45. The summed E-state index contributed by atoms with van der Waals surface area (Å²) >= 11 is 3.63. The highest BCUT2D eigenvalue weighted by Gasteiger charge is 2.11. The fraction of sp³-hybridized carbons (Fsp3) is 0.714. The molecule has 0 aromatic rings. The van der Waals surface area contributed by atoms with Crippen LogP contribution in [-0.2, 0) is 0 Å². The predicted molar refractivity (Wildman–Crippen MR) is 48.1 cm³/mol. The molecule has 0 fully saturated rings. The quantitative estimate of drug-likeness (QED) is 0.484. The van der Waals surface area contributed by atoms with Gasteiger partial charge in [-0.3, -0.25) is 0 Å². The summed E-state index contributed by atoms with van der Waals surface area (Å²) in [5, 5.41) is 0. The van der Waals surface area contributed by atoms with Crippen LogP contribution in [0.5, 0.6) is 0 Å². The van der Waals surface area contributed by atoms with Crippen LogP contribution < -0.4 is 0 Å². The van der Waals surface area contributed by atoms with Crippen LogP contribution in [-0.4, -0.2) is 18.2 Å². The zero-order chi connectivity index (χ0) is 7.33. The Morgan fingerprint density at radius 3 is 2.56 bits per heavy atom. The van der Waals surface area contributed by atoms with Crippen LogP contribution in [0, 0.1) is 5.41 Å². The molecule has 0 bridgehead atoms. The Bertz CT molecular complexity index is 88.9. The molecule has 9 heavy (non-hydrogen) atoms. The minimum atomic E-state index is 0.0896. The molecular formula is C7H13BrMg. The first-order valence-electron chi connectivity index (χ1n) is 3.32. The van der Waals surface area contributed by atoms with Gasteiger partial charge >= 0.3 is 18.2 Å². The van der Waals surface area contributed by atoms with Gasteiger partial charge in [-0.1, -0.05) is 26.3 Å². The molecule has 0 aromatic heterocycles. The molecule has 0 nitrogen and oxygen atoms in total. The van der Waals surface area contributed by atoms with Gasteiger partial charge in [0.1, 0.15) is 0 Å². The fourth-order valence-corrected chi connectivity index (χ4v) is 2.51. The van der Waals surface area contributed by atoms with E-state index in [9.17, 15) is 0 Å². The predicted octanol–water partition coefficient (Wildman–Crippen LogP) is 3.02. The van der Waals surface area contributed by atoms with Crippen molar-refractivity contribution in [2.45, 2.75) is 24.8 Å². The van der Waals surface area contributed by atoms with Crippen molar-refractivity contribution >= 4 is 31.1 Å². The van der Waals surface area contributed by atoms with Crippen molar-refractivity contribution in [3.8, 4) is 0 Å². The van der Waals surface area contributed by atoms with E-state index in [2.05, 4.69) is 33.3 Å². The standard InChI is InChI=1S/C7H13.BrH.Mg/c1-5-7(3,4)6-2;;/h5H,1-2,6H2,3-4H3;1H;/q;;+1/p-1. The maximum absolute atomic E-state index is 3.79. The number of allylic oxidation sites excluding steroid dienone is 1. The molecule has 0 N–H and O–H groups in total. The van der Waals surface area contributed by atoms with Crippen molar-refractivity contribution in [1.29, 1.82) is 0 Å². The molecule has 0 atom stereocenters. The summed E-state index contributed by atoms with van der Waals surface area (Å²) in [4.78, 5) is 0. The van der Waals surface area contributed by atoms with Crippen LogP contribution in [0.4, 0.5) is 0 Å². The van der Waals surface area contributed by atoms with E-state index in [1.54, 1.807) is 0 Å². The van der Waals surface area contributed by atoms with Gasteiger partial charge in [-0.25, -0.2) is 0 Å². The summed E-state index contributed by atoms with van der Waals surface area (Å²) in [6.45, 7) is 8.25. The second kappa shape index (κ2) is 4.75. The highest BCUT2D eigenvalue weighted by molar-refractivity contribution is 9.23. The van der Waals surface area contributed by atoms with E-state index in [1.165, 1.54) is 11.0 Å². The molecule has 0 aromatic carbocycles. The van der Waals surface area contributed by atoms with Gasteiger partial charge in [-0.05, 0) is 5.41 Å². The minimum Gasteiger partial charge on any atom is -0.307 e. The van der Waals surface area contributed by atoms with Crippen molar-refractivity contribution in [2.24, 2.45) is 5.41 Å². The fourth-order valence-electron chi connectivity index (χ4n) is 0.624. The summed E-state index contributed by atoms with van der Waals surface area (Å²) < 4.78 is 1.37. The number of halogens is 1. The van der Waals surface area contributed by atoms with Crippen molar-refractivity contribution in [1.82, 2.24) is 0 Å². The molecule has 0 aliphatic heterocycles. The van der Waals surface area contributed by atoms with E-state index in [-0.39, 0.29) is 18.2 Å². The first-order valence-corrected chi connectivity index (χ1v) is 8.22. The Hall–Kier alpha value is 0.986. The zero-order valence-corrected chi connectivity index (χ0v) is 9.28. The topological polar surface area (TPSA) is 0 Å². The Morgan fingerprint density at radius 1 is 1.67 bits per heavy atom. The maximum Gasteiger partial charge on any atom is 0.468 e. The number of hydrogen-bond acceptors (Lipinski definition) is 0. The first kappa shape index (κ1) is 9.99. The van der Waals surface area contributed by atoms with E-state index in [0.717, 1.165) is 0 Å². The Morgan fingerprint density at radius 2 is 2.22 bits per heavy atom. The van der Waals surface area contributed by atoms with E-state index in [4.69, 9.17) is 0 Å². The van der Waals surface area contributed by atoms with Crippen molar-refractivity contribution in [3.63, 3.8) is 0 Å². The van der Waals surface area contributed by atoms with E-state index < -0.39 is 0 Å². The molecule has 50 valence electrons. The normalized spacial score (nSPS) is 10.6. The molecule has 0 spiro atoms. The van der Waals surface area contributed by atoms with Gasteiger partial charge in [0.2, 0.25) is 0 Å². The molecule has 0 aliphatic rings. The smallest absolute Gasteiger partial charge is 0.307 e. The lowest BCUT2D eigenvalue weighted by atomic mass is 9.91. The molecule has 0 saturated carbocycles. The molecule has 0 unspecified atom stereocenters. The molecule has 0 saturated heterocycles. The summed E-state index contributed by atoms with van der Waals surface area (Å²) in [5.41, 5.74) is 0.362. The van der Waals surface area contributed by atoms with Gasteiger partial charge in [0.15, 0.2) is 0 Å². The lowest BCUT2D eigenvalue weighted by Crippen LogP contribution is -2.06. The monoisotopic (exact) mass is 200 g/mol. The van der Waals surface area contributed by atoms with Crippen LogP contribution in [0.25, 0.3) is 0 Å². The maximum atomic E-state index is 3.79. The van der Waals surface area contributed by atoms with Gasteiger partial charge in [0.05, 0.1) is 0 Å². The lowest BCUT2D eigenvalue weighted by molar-refractivity contribution is 0.463. The number of rotatable bonds is 4. The zero-order valence-electron chi connectivity index (χ0n) is 6.28. The van der Waals surface area contributed by atoms with Crippen LogP contribution in [0.3, 0.4) is 0 Å². The van der Waals surface area contributed by atoms with Crippen molar-refractivity contribution in [3.05, 3.63) is 12.7 Å². The Kier molecular flexibility index (Phi) is 5.27. The van der Waals surface area contributed by atoms with Crippen LogP contribution in [0.15, 0.2) is 12.7 Å². The van der Waals surface area contributed by atoms with Crippen LogP contribution in [0.1, 0.15) is 20.3 Å². The highest BCUT2D eigenvalue weighted by Crippen LogP contribution is 2.23. The van der Waals surface area contributed by atoms with Crippen molar-refractivity contribution < 1.29 is 0 Å². The summed E-state index contributed by atoms with van der Waals surface area (Å²) in [6.07, 6.45) is 3.33. The van der Waals surface area contributed by atoms with Gasteiger partial charge in [-0.15, -0.1) is 11.1 Å². The first-order chi connectivity index (χ1) is 4.12. The largest absolute Gasteiger partial charge is 0.468 e.